The molecule has 1 aromatic carbocycles. The van der Waals surface area contributed by atoms with E-state index in [4.69, 9.17) is 9.84 Å². The maximum atomic E-state index is 13.6. The molecule has 1 aliphatic heterocycles. The van der Waals surface area contributed by atoms with Gasteiger partial charge >= 0.3 is 6.03 Å². The van der Waals surface area contributed by atoms with Gasteiger partial charge in [-0.2, -0.15) is 10.2 Å². The van der Waals surface area contributed by atoms with Crippen LogP contribution in [0.15, 0.2) is 73.4 Å². The van der Waals surface area contributed by atoms with Gasteiger partial charge in [0.15, 0.2) is 0 Å². The summed E-state index contributed by atoms with van der Waals surface area (Å²) < 4.78 is 10.9. The number of urea groups is 1. The fraction of sp³-hybridized carbons (Fsp3) is 0.310. The number of hydrogen-bond acceptors (Lipinski definition) is 6. The lowest BCUT2D eigenvalue weighted by Crippen LogP contribution is -2.42. The molecule has 0 radical (unpaired) electrons. The van der Waals surface area contributed by atoms with Crippen LogP contribution in [-0.4, -0.2) is 79.3 Å². The quantitative estimate of drug-likeness (QED) is 0.313. The Morgan fingerprint density at radius 2 is 1.98 bits per heavy atom. The summed E-state index contributed by atoms with van der Waals surface area (Å²) in [4.78, 5) is 20.3. The Morgan fingerprint density at radius 1 is 1.12 bits per heavy atom. The van der Waals surface area contributed by atoms with E-state index in [1.807, 2.05) is 67.2 Å². The number of aromatic nitrogens is 6. The van der Waals surface area contributed by atoms with E-state index < -0.39 is 0 Å². The third-order valence-corrected chi connectivity index (χ3v) is 7.50. The Bertz CT molecular complexity index is 1620. The number of para-hydroxylation sites is 1. The van der Waals surface area contributed by atoms with Crippen molar-refractivity contribution < 1.29 is 9.53 Å². The Labute approximate surface area is 232 Å². The second kappa shape index (κ2) is 10.9. The van der Waals surface area contributed by atoms with Crippen LogP contribution in [0.25, 0.3) is 22.6 Å². The van der Waals surface area contributed by atoms with Crippen LogP contribution in [0.4, 0.5) is 10.6 Å². The molecule has 5 heterocycles. The van der Waals surface area contributed by atoms with Gasteiger partial charge in [0.05, 0.1) is 24.5 Å². The van der Waals surface area contributed by atoms with Crippen molar-refractivity contribution in [2.45, 2.75) is 18.9 Å². The van der Waals surface area contributed by atoms with Crippen molar-refractivity contribution in [1.82, 2.24) is 39.2 Å². The summed E-state index contributed by atoms with van der Waals surface area (Å²) in [5.41, 5.74) is 5.42. The van der Waals surface area contributed by atoms with E-state index in [2.05, 4.69) is 37.9 Å². The zero-order valence-corrected chi connectivity index (χ0v) is 22.9. The lowest BCUT2D eigenvalue weighted by Gasteiger charge is -2.21. The number of likely N-dealkylation sites (tertiary alicyclic amines) is 1. The van der Waals surface area contributed by atoms with Gasteiger partial charge in [-0.3, -0.25) is 14.9 Å². The minimum atomic E-state index is -0.273. The zero-order valence-electron chi connectivity index (χ0n) is 22.9. The number of nitrogens with one attached hydrogen (secondary N) is 2. The van der Waals surface area contributed by atoms with Gasteiger partial charge in [-0.25, -0.2) is 14.5 Å². The summed E-state index contributed by atoms with van der Waals surface area (Å²) in [5, 5.41) is 15.6. The molecule has 0 bridgehead atoms. The van der Waals surface area contributed by atoms with Gasteiger partial charge in [0.2, 0.25) is 0 Å². The molecule has 1 aliphatic rings. The highest BCUT2D eigenvalue weighted by Gasteiger charge is 2.35. The standard InChI is InChI=1S/C29H33N9O2/c1-20-27(22-15-31-35(2)16-22)34-38(23-7-5-4-6-8-23)28(20)33-29(39)32-25-19-36(13-14-40-3)18-24(25)21-9-10-26-30-11-12-37(26)17-21/h4-12,15-17,24-25H,13-14,18-19H2,1-3H3,(H2,32,33,39)/t24-,25+/m0/s1. The Balaban J connectivity index is 1.28. The second-order valence-corrected chi connectivity index (χ2v) is 10.2. The highest BCUT2D eigenvalue weighted by molar-refractivity contribution is 5.91. The lowest BCUT2D eigenvalue weighted by molar-refractivity contribution is 0.159. The zero-order chi connectivity index (χ0) is 27.6. The molecule has 206 valence electrons. The molecule has 4 aromatic heterocycles. The van der Waals surface area contributed by atoms with Crippen molar-refractivity contribution in [2.75, 3.05) is 38.7 Å². The number of aryl methyl sites for hydroxylation is 1. The summed E-state index contributed by atoms with van der Waals surface area (Å²) in [6.45, 7) is 4.95. The molecule has 2 N–H and O–H groups in total. The summed E-state index contributed by atoms with van der Waals surface area (Å²) in [5.74, 6) is 0.730. The molecule has 0 saturated carbocycles. The summed E-state index contributed by atoms with van der Waals surface area (Å²) in [6.07, 6.45) is 9.54. The van der Waals surface area contributed by atoms with E-state index in [0.717, 1.165) is 53.4 Å². The third-order valence-electron chi connectivity index (χ3n) is 7.50. The van der Waals surface area contributed by atoms with Crippen LogP contribution in [-0.2, 0) is 11.8 Å². The van der Waals surface area contributed by atoms with Crippen molar-refractivity contribution in [3.05, 3.63) is 84.6 Å². The SMILES string of the molecule is COCCN1C[C@@H](NC(=O)Nc2c(C)c(-c3cnn(C)c3)nn2-c2ccccc2)[C@H](c2ccc3nccn3c2)C1. The fourth-order valence-electron chi connectivity index (χ4n) is 5.46. The van der Waals surface area contributed by atoms with Gasteiger partial charge in [-0.1, -0.05) is 24.3 Å². The molecule has 6 rings (SSSR count). The van der Waals surface area contributed by atoms with Crippen molar-refractivity contribution in [1.29, 1.82) is 0 Å². The number of pyridine rings is 1. The van der Waals surface area contributed by atoms with Crippen molar-refractivity contribution in [2.24, 2.45) is 7.05 Å². The molecule has 2 amide bonds. The number of fused-ring (bicyclic) bond motifs is 1. The van der Waals surface area contributed by atoms with Gasteiger partial charge in [0.1, 0.15) is 17.2 Å². The lowest BCUT2D eigenvalue weighted by atomic mass is 9.96. The molecule has 0 spiro atoms. The van der Waals surface area contributed by atoms with E-state index in [-0.39, 0.29) is 18.0 Å². The maximum Gasteiger partial charge on any atom is 0.320 e. The van der Waals surface area contributed by atoms with Crippen molar-refractivity contribution in [3.8, 4) is 16.9 Å². The molecule has 2 atom stereocenters. The molecule has 40 heavy (non-hydrogen) atoms. The average molecular weight is 540 g/mol. The van der Waals surface area contributed by atoms with Crippen LogP contribution in [0.2, 0.25) is 0 Å². The van der Waals surface area contributed by atoms with Crippen molar-refractivity contribution in [3.63, 3.8) is 0 Å². The number of carbonyl (C=O) groups is 1. The summed E-state index contributed by atoms with van der Waals surface area (Å²) >= 11 is 0. The highest BCUT2D eigenvalue weighted by atomic mass is 16.5. The summed E-state index contributed by atoms with van der Waals surface area (Å²) in [6, 6.07) is 13.6. The first-order valence-corrected chi connectivity index (χ1v) is 13.4. The van der Waals surface area contributed by atoms with Crippen LogP contribution in [0, 0.1) is 6.92 Å². The fourth-order valence-corrected chi connectivity index (χ4v) is 5.46. The minimum Gasteiger partial charge on any atom is -0.383 e. The topological polar surface area (TPSA) is 107 Å². The van der Waals surface area contributed by atoms with E-state index in [0.29, 0.717) is 12.4 Å². The number of benzene rings is 1. The number of ether oxygens (including phenoxy) is 1. The molecular weight excluding hydrogens is 506 g/mol. The Hall–Kier alpha value is -4.48. The minimum absolute atomic E-state index is 0.0935. The average Bonchev–Trinajstić information content (AvgIpc) is 3.75. The van der Waals surface area contributed by atoms with E-state index >= 15 is 0 Å². The molecule has 0 aliphatic carbocycles. The number of rotatable bonds is 8. The van der Waals surface area contributed by atoms with Crippen LogP contribution < -0.4 is 10.6 Å². The van der Waals surface area contributed by atoms with Gasteiger partial charge in [-0.05, 0) is 30.7 Å². The van der Waals surface area contributed by atoms with Crippen molar-refractivity contribution >= 4 is 17.5 Å². The first-order chi connectivity index (χ1) is 19.5. The number of amides is 2. The number of anilines is 1. The largest absolute Gasteiger partial charge is 0.383 e. The number of imidazole rings is 1. The van der Waals surface area contributed by atoms with Gasteiger partial charge in [0, 0.05) is 75.6 Å². The number of carbonyl (C=O) groups excluding carboxylic acids is 1. The molecule has 11 nitrogen and oxygen atoms in total. The monoisotopic (exact) mass is 539 g/mol. The molecular formula is C29H33N9O2. The van der Waals surface area contributed by atoms with Gasteiger partial charge < -0.3 is 14.5 Å². The smallest absolute Gasteiger partial charge is 0.320 e. The number of hydrogen-bond donors (Lipinski definition) is 2. The van der Waals surface area contributed by atoms with Crippen LogP contribution in [0.3, 0.4) is 0 Å². The first kappa shape index (κ1) is 25.8. The number of nitrogens with zero attached hydrogens (tertiary/aromatic N) is 7. The molecule has 5 aromatic rings. The molecule has 1 saturated heterocycles. The number of methoxy groups -OCH3 is 1. The van der Waals surface area contributed by atoms with E-state index in [9.17, 15) is 4.79 Å². The predicted molar refractivity (Wildman–Crippen MR) is 153 cm³/mol. The maximum absolute atomic E-state index is 13.6. The van der Waals surface area contributed by atoms with Crippen LogP contribution in [0.1, 0.15) is 17.0 Å². The second-order valence-electron chi connectivity index (χ2n) is 10.2. The van der Waals surface area contributed by atoms with Crippen LogP contribution >= 0.6 is 0 Å². The molecule has 11 heteroatoms. The molecule has 1 fully saturated rings. The van der Waals surface area contributed by atoms with E-state index in [1.165, 1.54) is 0 Å². The molecule has 0 unspecified atom stereocenters. The Morgan fingerprint density at radius 3 is 2.75 bits per heavy atom. The Kier molecular flexibility index (Phi) is 7.06. The normalized spacial score (nSPS) is 17.5. The van der Waals surface area contributed by atoms with Gasteiger partial charge in [-0.15, -0.1) is 0 Å². The van der Waals surface area contributed by atoms with E-state index in [1.54, 1.807) is 28.9 Å². The van der Waals surface area contributed by atoms with Gasteiger partial charge in [0.25, 0.3) is 0 Å². The predicted octanol–water partition coefficient (Wildman–Crippen LogP) is 3.46. The highest BCUT2D eigenvalue weighted by Crippen LogP contribution is 2.31. The first-order valence-electron chi connectivity index (χ1n) is 13.4. The third kappa shape index (κ3) is 5.08. The summed E-state index contributed by atoms with van der Waals surface area (Å²) in [7, 11) is 3.58. The van der Waals surface area contributed by atoms with Crippen LogP contribution in [0.5, 0.6) is 0 Å².